The number of carbonyl (C=O) groups excluding carboxylic acids is 1. The number of aliphatic hydroxyl groups excluding tert-OH is 5. The number of amides is 1. The highest BCUT2D eigenvalue weighted by atomic mass is 16.4. The van der Waals surface area contributed by atoms with Crippen LogP contribution in [-0.2, 0) is 9.59 Å². The Kier molecular flexibility index (Phi) is 15.0. The predicted octanol–water partition coefficient (Wildman–Crippen LogP) is -0.476. The summed E-state index contributed by atoms with van der Waals surface area (Å²) in [6.07, 6.45) is 1.60. The summed E-state index contributed by atoms with van der Waals surface area (Å²) in [7, 11) is 0. The molecule has 0 radical (unpaired) electrons. The van der Waals surface area contributed by atoms with Gasteiger partial charge in [-0.1, -0.05) is 44.9 Å². The van der Waals surface area contributed by atoms with Crippen LogP contribution in [0, 0.1) is 0 Å². The molecule has 0 saturated heterocycles. The van der Waals surface area contributed by atoms with E-state index in [0.717, 1.165) is 57.8 Å². The van der Waals surface area contributed by atoms with Crippen LogP contribution in [0.15, 0.2) is 0 Å². The van der Waals surface area contributed by atoms with Crippen molar-refractivity contribution in [1.29, 1.82) is 0 Å². The number of nitrogens with one attached hydrogen (secondary N) is 1. The van der Waals surface area contributed by atoms with E-state index in [1.54, 1.807) is 0 Å². The maximum Gasteiger partial charge on any atom is 0.303 e. The zero-order chi connectivity index (χ0) is 20.7. The molecule has 0 aromatic rings. The van der Waals surface area contributed by atoms with Gasteiger partial charge in [-0.25, -0.2) is 0 Å². The quantitative estimate of drug-likeness (QED) is 0.163. The first-order valence-corrected chi connectivity index (χ1v) is 9.63. The van der Waals surface area contributed by atoms with Gasteiger partial charge >= 0.3 is 5.97 Å². The van der Waals surface area contributed by atoms with Gasteiger partial charge in [-0.05, 0) is 12.8 Å². The van der Waals surface area contributed by atoms with Crippen LogP contribution in [0.3, 0.4) is 0 Å². The maximum atomic E-state index is 11.7. The molecule has 0 aliphatic carbocycles. The minimum Gasteiger partial charge on any atom is -0.481 e. The van der Waals surface area contributed by atoms with Crippen LogP contribution >= 0.6 is 0 Å². The number of aliphatic hydroxyl groups is 5. The van der Waals surface area contributed by atoms with E-state index in [9.17, 15) is 30.0 Å². The van der Waals surface area contributed by atoms with E-state index in [2.05, 4.69) is 5.32 Å². The summed E-state index contributed by atoms with van der Waals surface area (Å²) in [6, 6.07) is 0. The Bertz CT molecular complexity index is 407. The van der Waals surface area contributed by atoms with Crippen LogP contribution < -0.4 is 5.32 Å². The van der Waals surface area contributed by atoms with Crippen LogP contribution in [0.2, 0.25) is 0 Å². The molecule has 160 valence electrons. The Labute approximate surface area is 160 Å². The Morgan fingerprint density at radius 3 is 1.70 bits per heavy atom. The lowest BCUT2D eigenvalue weighted by molar-refractivity contribution is -0.148. The van der Waals surface area contributed by atoms with Crippen LogP contribution in [0.25, 0.3) is 0 Å². The monoisotopic (exact) mass is 393 g/mol. The highest BCUT2D eigenvalue weighted by Crippen LogP contribution is 2.10. The van der Waals surface area contributed by atoms with Crippen molar-refractivity contribution in [3.63, 3.8) is 0 Å². The highest BCUT2D eigenvalue weighted by Gasteiger charge is 2.33. The summed E-state index contributed by atoms with van der Waals surface area (Å²) in [4.78, 5) is 22.0. The molecule has 0 aliphatic heterocycles. The fourth-order valence-corrected chi connectivity index (χ4v) is 2.63. The Hall–Kier alpha value is -1.26. The zero-order valence-corrected chi connectivity index (χ0v) is 15.8. The molecule has 0 saturated carbocycles. The van der Waals surface area contributed by atoms with Crippen molar-refractivity contribution < 1.29 is 40.2 Å². The molecule has 1 amide bonds. The molecule has 9 nitrogen and oxygen atoms in total. The molecule has 0 spiro atoms. The van der Waals surface area contributed by atoms with Crippen LogP contribution in [0.1, 0.15) is 64.2 Å². The van der Waals surface area contributed by atoms with Crippen molar-refractivity contribution in [3.8, 4) is 0 Å². The van der Waals surface area contributed by atoms with Crippen molar-refractivity contribution >= 4 is 11.9 Å². The first-order valence-electron chi connectivity index (χ1n) is 9.63. The average Bonchev–Trinajstić information content (AvgIpc) is 2.65. The van der Waals surface area contributed by atoms with Crippen LogP contribution in [0.5, 0.6) is 0 Å². The summed E-state index contributed by atoms with van der Waals surface area (Å²) in [6.45, 7) is -0.467. The second-order valence-corrected chi connectivity index (χ2v) is 6.79. The molecule has 7 N–H and O–H groups in total. The van der Waals surface area contributed by atoms with E-state index >= 15 is 0 Å². The molecule has 0 bridgehead atoms. The molecule has 0 heterocycles. The summed E-state index contributed by atoms with van der Waals surface area (Å²) < 4.78 is 0. The first-order chi connectivity index (χ1) is 12.8. The number of carbonyl (C=O) groups is 2. The molecule has 27 heavy (non-hydrogen) atoms. The summed E-state index contributed by atoms with van der Waals surface area (Å²) in [5, 5.41) is 57.6. The van der Waals surface area contributed by atoms with Gasteiger partial charge in [0.15, 0.2) is 6.10 Å². The number of hydrogen-bond acceptors (Lipinski definition) is 7. The predicted molar refractivity (Wildman–Crippen MR) is 97.9 cm³/mol. The molecule has 4 atom stereocenters. The van der Waals surface area contributed by atoms with E-state index in [0.29, 0.717) is 6.54 Å². The lowest BCUT2D eigenvalue weighted by Crippen LogP contribution is -2.51. The van der Waals surface area contributed by atoms with Gasteiger partial charge < -0.3 is 36.0 Å². The third kappa shape index (κ3) is 12.7. The Balaban J connectivity index is 3.61. The molecule has 0 aromatic heterocycles. The third-order valence-electron chi connectivity index (χ3n) is 4.39. The second-order valence-electron chi connectivity index (χ2n) is 6.79. The van der Waals surface area contributed by atoms with E-state index in [1.807, 2.05) is 0 Å². The zero-order valence-electron chi connectivity index (χ0n) is 15.8. The summed E-state index contributed by atoms with van der Waals surface area (Å²) in [5.74, 6) is -1.59. The highest BCUT2D eigenvalue weighted by molar-refractivity contribution is 5.81. The summed E-state index contributed by atoms with van der Waals surface area (Å²) >= 11 is 0. The fraction of sp³-hybridized carbons (Fsp3) is 0.889. The van der Waals surface area contributed by atoms with Crippen molar-refractivity contribution in [2.24, 2.45) is 0 Å². The number of hydrogen-bond donors (Lipinski definition) is 7. The van der Waals surface area contributed by atoms with E-state index in [4.69, 9.17) is 10.2 Å². The van der Waals surface area contributed by atoms with Gasteiger partial charge in [0, 0.05) is 13.0 Å². The maximum absolute atomic E-state index is 11.7. The fourth-order valence-electron chi connectivity index (χ4n) is 2.63. The van der Waals surface area contributed by atoms with Gasteiger partial charge in [0.25, 0.3) is 5.91 Å². The largest absolute Gasteiger partial charge is 0.481 e. The molecule has 0 unspecified atom stereocenters. The molecule has 0 rings (SSSR count). The van der Waals surface area contributed by atoms with Crippen molar-refractivity contribution in [2.75, 3.05) is 13.2 Å². The van der Waals surface area contributed by atoms with Crippen molar-refractivity contribution in [3.05, 3.63) is 0 Å². The van der Waals surface area contributed by atoms with Crippen molar-refractivity contribution in [2.45, 2.75) is 88.6 Å². The number of carboxylic acid groups (broad SMARTS) is 1. The molecule has 0 aromatic carbocycles. The van der Waals surface area contributed by atoms with Gasteiger partial charge in [0.2, 0.25) is 0 Å². The minimum absolute atomic E-state index is 0.235. The number of rotatable bonds is 17. The smallest absolute Gasteiger partial charge is 0.303 e. The Morgan fingerprint density at radius 1 is 0.741 bits per heavy atom. The molecule has 9 heteroatoms. The standard InChI is InChI=1S/C18H35NO8/c20-12-13(21)15(24)16(25)17(26)18(27)19-11-9-7-5-3-1-2-4-6-8-10-14(22)23/h13,15-17,20-21,24-26H,1-12H2,(H,19,27)(H,22,23)/t13-,15-,16+,17-/m1/s1. The van der Waals surface area contributed by atoms with Gasteiger partial charge in [0.05, 0.1) is 6.61 Å². The number of carboxylic acids is 1. The SMILES string of the molecule is O=C(O)CCCCCCCCCCCNC(=O)[C@H](O)[C@@H](O)[C@H](O)[C@H](O)CO. The van der Waals surface area contributed by atoms with Gasteiger partial charge in [-0.2, -0.15) is 0 Å². The number of unbranched alkanes of at least 4 members (excludes halogenated alkanes) is 8. The molecular weight excluding hydrogens is 358 g/mol. The first kappa shape index (κ1) is 25.7. The normalized spacial score (nSPS) is 15.7. The van der Waals surface area contributed by atoms with Gasteiger partial charge in [0.1, 0.15) is 18.3 Å². The number of aliphatic carboxylic acids is 1. The van der Waals surface area contributed by atoms with Crippen molar-refractivity contribution in [1.82, 2.24) is 5.32 Å². The van der Waals surface area contributed by atoms with E-state index < -0.39 is 42.9 Å². The third-order valence-corrected chi connectivity index (χ3v) is 4.39. The minimum atomic E-state index is -1.89. The average molecular weight is 393 g/mol. The topological polar surface area (TPSA) is 168 Å². The van der Waals surface area contributed by atoms with E-state index in [1.165, 1.54) is 0 Å². The van der Waals surface area contributed by atoms with Crippen LogP contribution in [0.4, 0.5) is 0 Å². The second kappa shape index (κ2) is 15.8. The Morgan fingerprint density at radius 2 is 1.22 bits per heavy atom. The molecule has 0 fully saturated rings. The van der Waals surface area contributed by atoms with Gasteiger partial charge in [-0.15, -0.1) is 0 Å². The van der Waals surface area contributed by atoms with E-state index in [-0.39, 0.29) is 6.42 Å². The lowest BCUT2D eigenvalue weighted by Gasteiger charge is -2.24. The van der Waals surface area contributed by atoms with Crippen LogP contribution in [-0.4, -0.2) is 80.1 Å². The lowest BCUT2D eigenvalue weighted by atomic mass is 10.0. The summed E-state index contributed by atoms with van der Waals surface area (Å²) in [5.41, 5.74) is 0. The van der Waals surface area contributed by atoms with Gasteiger partial charge in [-0.3, -0.25) is 9.59 Å². The molecule has 0 aliphatic rings. The molecular formula is C18H35NO8.